The van der Waals surface area contributed by atoms with Crippen LogP contribution in [0.25, 0.3) is 0 Å². The summed E-state index contributed by atoms with van der Waals surface area (Å²) in [7, 11) is 0. The zero-order valence-corrected chi connectivity index (χ0v) is 14.5. The lowest BCUT2D eigenvalue weighted by Crippen LogP contribution is -2.36. The number of rotatable bonds is 6. The number of furan rings is 1. The highest BCUT2D eigenvalue weighted by Gasteiger charge is 2.24. The van der Waals surface area contributed by atoms with Crippen molar-refractivity contribution in [3.63, 3.8) is 0 Å². The minimum atomic E-state index is 0.612. The summed E-state index contributed by atoms with van der Waals surface area (Å²) in [5, 5.41) is 0. The van der Waals surface area contributed by atoms with Gasteiger partial charge in [-0.2, -0.15) is 0 Å². The minimum absolute atomic E-state index is 0.612. The first-order valence-corrected chi connectivity index (χ1v) is 8.68. The minimum Gasteiger partial charge on any atom is -0.465 e. The second-order valence-electron chi connectivity index (χ2n) is 6.53. The Hall–Kier alpha value is -1.59. The van der Waals surface area contributed by atoms with Crippen molar-refractivity contribution in [2.24, 2.45) is 5.92 Å². The molecule has 1 atom stereocenters. The van der Waals surface area contributed by atoms with Crippen molar-refractivity contribution in [3.8, 4) is 0 Å². The molecule has 5 heteroatoms. The largest absolute Gasteiger partial charge is 0.465 e. The van der Waals surface area contributed by atoms with Crippen LogP contribution in [0, 0.1) is 12.8 Å². The highest BCUT2D eigenvalue weighted by molar-refractivity contribution is 5.06. The third-order valence-corrected chi connectivity index (χ3v) is 4.72. The molecule has 1 aliphatic rings. The summed E-state index contributed by atoms with van der Waals surface area (Å²) in [5.41, 5.74) is 0. The topological polar surface area (TPSA) is 37.4 Å². The first-order chi connectivity index (χ1) is 11.2. The van der Waals surface area contributed by atoms with Crippen LogP contribution in [0.5, 0.6) is 0 Å². The van der Waals surface area contributed by atoms with Gasteiger partial charge in [-0.3, -0.25) is 4.90 Å². The predicted octanol–water partition coefficient (Wildman–Crippen LogP) is 2.76. The average Bonchev–Trinajstić information content (AvgIpc) is 3.10. The SMILES string of the molecule is CCN(CC)C[C@H]1CN(Cc2ccc(C)o2)Cc2nccn2C1. The lowest BCUT2D eigenvalue weighted by molar-refractivity contribution is 0.166. The molecule has 0 unspecified atom stereocenters. The molecule has 3 rings (SSSR count). The van der Waals surface area contributed by atoms with Crippen molar-refractivity contribution in [3.05, 3.63) is 41.9 Å². The van der Waals surface area contributed by atoms with Gasteiger partial charge in [0.25, 0.3) is 0 Å². The fourth-order valence-electron chi connectivity index (χ4n) is 3.50. The van der Waals surface area contributed by atoms with Gasteiger partial charge in [-0.15, -0.1) is 0 Å². The van der Waals surface area contributed by atoms with Crippen molar-refractivity contribution < 1.29 is 4.42 Å². The number of aromatic nitrogens is 2. The molecule has 0 N–H and O–H groups in total. The van der Waals surface area contributed by atoms with Gasteiger partial charge >= 0.3 is 0 Å². The van der Waals surface area contributed by atoms with Crippen molar-refractivity contribution >= 4 is 0 Å². The Balaban J connectivity index is 1.74. The summed E-state index contributed by atoms with van der Waals surface area (Å²) < 4.78 is 8.10. The van der Waals surface area contributed by atoms with Crippen LogP contribution in [0.1, 0.15) is 31.2 Å². The van der Waals surface area contributed by atoms with E-state index >= 15 is 0 Å². The van der Waals surface area contributed by atoms with Gasteiger partial charge in [0.2, 0.25) is 0 Å². The van der Waals surface area contributed by atoms with Crippen LogP contribution in [0.4, 0.5) is 0 Å². The maximum Gasteiger partial charge on any atom is 0.122 e. The zero-order valence-electron chi connectivity index (χ0n) is 14.5. The molecule has 2 aromatic rings. The quantitative estimate of drug-likeness (QED) is 0.821. The van der Waals surface area contributed by atoms with E-state index in [2.05, 4.69) is 45.5 Å². The summed E-state index contributed by atoms with van der Waals surface area (Å²) >= 11 is 0. The number of fused-ring (bicyclic) bond motifs is 1. The number of aryl methyl sites for hydroxylation is 1. The van der Waals surface area contributed by atoms with E-state index in [0.29, 0.717) is 5.92 Å². The van der Waals surface area contributed by atoms with Crippen molar-refractivity contribution in [1.82, 2.24) is 19.4 Å². The van der Waals surface area contributed by atoms with Gasteiger partial charge in [0.15, 0.2) is 0 Å². The molecule has 0 amide bonds. The first-order valence-electron chi connectivity index (χ1n) is 8.68. The summed E-state index contributed by atoms with van der Waals surface area (Å²) in [6.45, 7) is 13.7. The van der Waals surface area contributed by atoms with E-state index in [1.807, 2.05) is 19.2 Å². The molecule has 5 nitrogen and oxygen atoms in total. The van der Waals surface area contributed by atoms with Crippen LogP contribution in [-0.4, -0.2) is 45.5 Å². The third kappa shape index (κ3) is 4.03. The van der Waals surface area contributed by atoms with Gasteiger partial charge in [0.05, 0.1) is 13.1 Å². The van der Waals surface area contributed by atoms with E-state index in [-0.39, 0.29) is 0 Å². The zero-order chi connectivity index (χ0) is 16.2. The average molecular weight is 316 g/mol. The molecule has 126 valence electrons. The van der Waals surface area contributed by atoms with Crippen LogP contribution >= 0.6 is 0 Å². The van der Waals surface area contributed by atoms with Crippen LogP contribution in [0.3, 0.4) is 0 Å². The normalized spacial score (nSPS) is 19.0. The maximum atomic E-state index is 5.78. The smallest absolute Gasteiger partial charge is 0.122 e. The van der Waals surface area contributed by atoms with E-state index in [1.165, 1.54) is 0 Å². The molecule has 0 aliphatic carbocycles. The van der Waals surface area contributed by atoms with Gasteiger partial charge in [0.1, 0.15) is 17.3 Å². The summed E-state index contributed by atoms with van der Waals surface area (Å²) in [6, 6.07) is 4.13. The lowest BCUT2D eigenvalue weighted by atomic mass is 10.1. The Morgan fingerprint density at radius 2 is 2.09 bits per heavy atom. The van der Waals surface area contributed by atoms with E-state index in [0.717, 1.165) is 63.2 Å². The molecule has 0 bridgehead atoms. The second-order valence-corrected chi connectivity index (χ2v) is 6.53. The first kappa shape index (κ1) is 16.3. The van der Waals surface area contributed by atoms with E-state index in [4.69, 9.17) is 4.42 Å². The van der Waals surface area contributed by atoms with E-state index in [9.17, 15) is 0 Å². The Labute approximate surface area is 138 Å². The van der Waals surface area contributed by atoms with Crippen LogP contribution in [0.15, 0.2) is 28.9 Å². The summed E-state index contributed by atoms with van der Waals surface area (Å²) in [5.74, 6) is 3.80. The van der Waals surface area contributed by atoms with Gasteiger partial charge in [0, 0.05) is 37.9 Å². The Bertz CT molecular complexity index is 614. The molecule has 0 radical (unpaired) electrons. The van der Waals surface area contributed by atoms with Crippen molar-refractivity contribution in [2.45, 2.75) is 40.4 Å². The molecule has 3 heterocycles. The molecule has 23 heavy (non-hydrogen) atoms. The predicted molar refractivity (Wildman–Crippen MR) is 91.1 cm³/mol. The molecule has 0 spiro atoms. The monoisotopic (exact) mass is 316 g/mol. The molecule has 0 saturated heterocycles. The maximum absolute atomic E-state index is 5.78. The molecule has 0 saturated carbocycles. The molecule has 0 aromatic carbocycles. The van der Waals surface area contributed by atoms with Crippen LogP contribution in [0.2, 0.25) is 0 Å². The number of nitrogens with zero attached hydrogens (tertiary/aromatic N) is 4. The number of hydrogen-bond donors (Lipinski definition) is 0. The van der Waals surface area contributed by atoms with Crippen molar-refractivity contribution in [2.75, 3.05) is 26.2 Å². The summed E-state index contributed by atoms with van der Waals surface area (Å²) in [4.78, 5) is 9.53. The third-order valence-electron chi connectivity index (χ3n) is 4.72. The van der Waals surface area contributed by atoms with Gasteiger partial charge in [-0.05, 0) is 32.1 Å². The van der Waals surface area contributed by atoms with Gasteiger partial charge in [-0.1, -0.05) is 13.8 Å². The fraction of sp³-hybridized carbons (Fsp3) is 0.611. The Morgan fingerprint density at radius 1 is 1.26 bits per heavy atom. The lowest BCUT2D eigenvalue weighted by Gasteiger charge is -2.27. The molecule has 2 aromatic heterocycles. The molecular formula is C18H28N4O. The molecule has 1 aliphatic heterocycles. The van der Waals surface area contributed by atoms with Gasteiger partial charge in [-0.25, -0.2) is 4.98 Å². The number of imidazole rings is 1. The highest BCUT2D eigenvalue weighted by atomic mass is 16.3. The standard InChI is InChI=1S/C18H28N4O/c1-4-20(5-2)10-16-11-21(13-17-7-6-15(3)23-17)14-18-19-8-9-22(18)12-16/h6-9,16H,4-5,10-14H2,1-3H3/t16-/m0/s1. The van der Waals surface area contributed by atoms with E-state index < -0.39 is 0 Å². The van der Waals surface area contributed by atoms with Crippen LogP contribution < -0.4 is 0 Å². The second kappa shape index (κ2) is 7.32. The van der Waals surface area contributed by atoms with Gasteiger partial charge < -0.3 is 13.9 Å². The Morgan fingerprint density at radius 3 is 2.78 bits per heavy atom. The molecular weight excluding hydrogens is 288 g/mol. The summed E-state index contributed by atoms with van der Waals surface area (Å²) in [6.07, 6.45) is 4.04. The van der Waals surface area contributed by atoms with E-state index in [1.54, 1.807) is 0 Å². The number of hydrogen-bond acceptors (Lipinski definition) is 4. The van der Waals surface area contributed by atoms with Crippen molar-refractivity contribution in [1.29, 1.82) is 0 Å². The van der Waals surface area contributed by atoms with Crippen LogP contribution in [-0.2, 0) is 19.6 Å². The fourth-order valence-corrected chi connectivity index (χ4v) is 3.50. The molecule has 0 fully saturated rings. The highest BCUT2D eigenvalue weighted by Crippen LogP contribution is 2.19. The Kier molecular flexibility index (Phi) is 5.18.